The van der Waals surface area contributed by atoms with Crippen molar-refractivity contribution in [1.29, 1.82) is 0 Å². The van der Waals surface area contributed by atoms with E-state index in [9.17, 15) is 0 Å². The van der Waals surface area contributed by atoms with E-state index in [1.165, 1.54) is 39.0 Å². The van der Waals surface area contributed by atoms with Gasteiger partial charge in [-0.3, -0.25) is 0 Å². The number of hydrogen-bond donors (Lipinski definition) is 0. The first-order valence-corrected chi connectivity index (χ1v) is 8.21. The third kappa shape index (κ3) is 57.3. The summed E-state index contributed by atoms with van der Waals surface area (Å²) in [5.41, 5.74) is 0. The van der Waals surface area contributed by atoms with E-state index in [0.717, 1.165) is 12.2 Å². The first kappa shape index (κ1) is 30.6. The molecule has 0 bridgehead atoms. The standard InChI is InChI=1S/C7H14.C2H4O.4C2H6/c1-7-5-3-2-4-6-7;1-2-3;4*1-2/h7H,2-6H2,1H3;2H,1H3;4*1-2H3. The van der Waals surface area contributed by atoms with Crippen LogP contribution in [0, 0.1) is 5.92 Å². The Bertz CT molecular complexity index is 73.7. The number of rotatable bonds is 0. The number of aldehydes is 1. The summed E-state index contributed by atoms with van der Waals surface area (Å²) in [7, 11) is 0. The van der Waals surface area contributed by atoms with Crippen LogP contribution in [0.5, 0.6) is 0 Å². The molecule has 0 spiro atoms. The summed E-state index contributed by atoms with van der Waals surface area (Å²) in [6, 6.07) is 0. The minimum atomic E-state index is 0.750. The van der Waals surface area contributed by atoms with Crippen molar-refractivity contribution in [2.45, 2.75) is 101 Å². The fourth-order valence-electron chi connectivity index (χ4n) is 1.31. The fourth-order valence-corrected chi connectivity index (χ4v) is 1.31. The molecule has 0 heterocycles. The summed E-state index contributed by atoms with van der Waals surface area (Å²) in [4.78, 5) is 8.81. The van der Waals surface area contributed by atoms with Gasteiger partial charge in [-0.1, -0.05) is 94.4 Å². The van der Waals surface area contributed by atoms with Crippen molar-refractivity contribution in [3.8, 4) is 0 Å². The molecule has 116 valence electrons. The lowest BCUT2D eigenvalue weighted by atomic mass is 9.91. The minimum Gasteiger partial charge on any atom is -0.304 e. The van der Waals surface area contributed by atoms with Crippen LogP contribution in [0.4, 0.5) is 0 Å². The molecule has 0 saturated heterocycles. The van der Waals surface area contributed by atoms with E-state index >= 15 is 0 Å². The average Bonchev–Trinajstić information content (AvgIpc) is 2.49. The molecule has 0 aromatic heterocycles. The summed E-state index contributed by atoms with van der Waals surface area (Å²) in [5, 5.41) is 0. The van der Waals surface area contributed by atoms with Crippen molar-refractivity contribution in [3.05, 3.63) is 0 Å². The topological polar surface area (TPSA) is 17.1 Å². The van der Waals surface area contributed by atoms with Crippen LogP contribution < -0.4 is 0 Å². The molecule has 18 heavy (non-hydrogen) atoms. The summed E-state index contributed by atoms with van der Waals surface area (Å²) in [6.45, 7) is 19.8. The highest BCUT2D eigenvalue weighted by Crippen LogP contribution is 2.21. The molecule has 0 aromatic carbocycles. The lowest BCUT2D eigenvalue weighted by Gasteiger charge is -2.15. The molecule has 1 aliphatic rings. The Kier molecular flexibility index (Phi) is 92.5. The van der Waals surface area contributed by atoms with Crippen LogP contribution in [0.3, 0.4) is 0 Å². The van der Waals surface area contributed by atoms with Crippen molar-refractivity contribution >= 4 is 6.29 Å². The Labute approximate surface area is 119 Å². The van der Waals surface area contributed by atoms with E-state index in [4.69, 9.17) is 4.79 Å². The van der Waals surface area contributed by atoms with Gasteiger partial charge >= 0.3 is 0 Å². The molecule has 1 saturated carbocycles. The largest absolute Gasteiger partial charge is 0.304 e. The van der Waals surface area contributed by atoms with E-state index in [0.29, 0.717) is 0 Å². The van der Waals surface area contributed by atoms with Gasteiger partial charge < -0.3 is 4.79 Å². The highest BCUT2D eigenvalue weighted by Gasteiger charge is 2.05. The van der Waals surface area contributed by atoms with Gasteiger partial charge in [-0.25, -0.2) is 0 Å². The fraction of sp³-hybridized carbons (Fsp3) is 0.941. The number of carbonyl (C=O) groups excluding carboxylic acids is 1. The van der Waals surface area contributed by atoms with Gasteiger partial charge in [0.15, 0.2) is 0 Å². The monoisotopic (exact) mass is 262 g/mol. The van der Waals surface area contributed by atoms with Gasteiger partial charge in [-0.15, -0.1) is 0 Å². The van der Waals surface area contributed by atoms with E-state index in [1.54, 1.807) is 0 Å². The van der Waals surface area contributed by atoms with Gasteiger partial charge in [0.25, 0.3) is 0 Å². The van der Waals surface area contributed by atoms with Crippen molar-refractivity contribution in [3.63, 3.8) is 0 Å². The van der Waals surface area contributed by atoms with Gasteiger partial charge in [-0.2, -0.15) is 0 Å². The molecule has 0 aliphatic heterocycles. The van der Waals surface area contributed by atoms with Crippen LogP contribution in [-0.2, 0) is 4.79 Å². The van der Waals surface area contributed by atoms with Crippen LogP contribution in [0.25, 0.3) is 0 Å². The molecular formula is C17H42O. The van der Waals surface area contributed by atoms with Crippen LogP contribution in [0.15, 0.2) is 0 Å². The highest BCUT2D eigenvalue weighted by atomic mass is 16.1. The predicted molar refractivity (Wildman–Crippen MR) is 89.4 cm³/mol. The minimum absolute atomic E-state index is 0.750. The zero-order chi connectivity index (χ0) is 15.8. The van der Waals surface area contributed by atoms with Gasteiger partial charge in [0.1, 0.15) is 6.29 Å². The van der Waals surface area contributed by atoms with Crippen molar-refractivity contribution in [2.75, 3.05) is 0 Å². The molecule has 0 N–H and O–H groups in total. The zero-order valence-electron chi connectivity index (χ0n) is 15.1. The predicted octanol–water partition coefficient (Wildman–Crippen LogP) is 6.90. The lowest BCUT2D eigenvalue weighted by Crippen LogP contribution is -1.99. The molecule has 0 aromatic rings. The maximum atomic E-state index is 8.81. The first-order chi connectivity index (χ1) is 8.81. The Hall–Kier alpha value is -0.330. The number of hydrogen-bond acceptors (Lipinski definition) is 1. The summed E-state index contributed by atoms with van der Waals surface area (Å²) < 4.78 is 0. The number of carbonyl (C=O) groups is 1. The molecule has 0 radical (unpaired) electrons. The SMILES string of the molecule is CC.CC.CC.CC.CC1CCCCC1.CC=O. The Morgan fingerprint density at radius 3 is 1.06 bits per heavy atom. The van der Waals surface area contributed by atoms with E-state index in [-0.39, 0.29) is 0 Å². The quantitative estimate of drug-likeness (QED) is 0.434. The maximum Gasteiger partial charge on any atom is 0.116 e. The Morgan fingerprint density at radius 2 is 0.944 bits per heavy atom. The molecule has 0 amide bonds. The summed E-state index contributed by atoms with van der Waals surface area (Å²) >= 11 is 0. The van der Waals surface area contributed by atoms with E-state index in [1.807, 2.05) is 55.4 Å². The van der Waals surface area contributed by atoms with E-state index in [2.05, 4.69) is 6.92 Å². The lowest BCUT2D eigenvalue weighted by molar-refractivity contribution is -0.106. The molecule has 1 aliphatic carbocycles. The van der Waals surface area contributed by atoms with Crippen molar-refractivity contribution in [2.24, 2.45) is 5.92 Å². The second-order valence-corrected chi connectivity index (χ2v) is 2.98. The molecule has 1 rings (SSSR count). The molecular weight excluding hydrogens is 220 g/mol. The van der Waals surface area contributed by atoms with Crippen molar-refractivity contribution < 1.29 is 4.79 Å². The Morgan fingerprint density at radius 1 is 0.722 bits per heavy atom. The zero-order valence-corrected chi connectivity index (χ0v) is 15.1. The Balaban J connectivity index is -0.0000000442. The first-order valence-electron chi connectivity index (χ1n) is 8.21. The summed E-state index contributed by atoms with van der Waals surface area (Å²) in [5.74, 6) is 1.04. The summed E-state index contributed by atoms with van der Waals surface area (Å²) in [6.07, 6.45) is 8.19. The van der Waals surface area contributed by atoms with Crippen molar-refractivity contribution in [1.82, 2.24) is 0 Å². The molecule has 0 unspecified atom stereocenters. The second kappa shape index (κ2) is 54.5. The van der Waals surface area contributed by atoms with Gasteiger partial charge in [-0.05, 0) is 12.8 Å². The molecule has 1 heteroatoms. The van der Waals surface area contributed by atoms with E-state index < -0.39 is 0 Å². The van der Waals surface area contributed by atoms with Crippen LogP contribution in [0.1, 0.15) is 101 Å². The highest BCUT2D eigenvalue weighted by molar-refractivity contribution is 5.44. The van der Waals surface area contributed by atoms with Crippen LogP contribution in [-0.4, -0.2) is 6.29 Å². The van der Waals surface area contributed by atoms with Gasteiger partial charge in [0.2, 0.25) is 0 Å². The van der Waals surface area contributed by atoms with Gasteiger partial charge in [0, 0.05) is 0 Å². The normalized spacial score (nSPS) is 11.9. The third-order valence-electron chi connectivity index (χ3n) is 1.89. The van der Waals surface area contributed by atoms with Crippen LogP contribution >= 0.6 is 0 Å². The smallest absolute Gasteiger partial charge is 0.116 e. The van der Waals surface area contributed by atoms with Gasteiger partial charge in [0.05, 0.1) is 0 Å². The second-order valence-electron chi connectivity index (χ2n) is 2.98. The average molecular weight is 263 g/mol. The maximum absolute atomic E-state index is 8.81. The molecule has 1 nitrogen and oxygen atoms in total. The molecule has 0 atom stereocenters. The molecule has 1 fully saturated rings. The third-order valence-corrected chi connectivity index (χ3v) is 1.89. The van der Waals surface area contributed by atoms with Crippen LogP contribution in [0.2, 0.25) is 0 Å².